The first-order valence-corrected chi connectivity index (χ1v) is 13.2. The molecule has 5 heterocycles. The minimum Gasteiger partial charge on any atom is -0.486 e. The number of aromatic nitrogens is 4. The molecule has 40 heavy (non-hydrogen) atoms. The van der Waals surface area contributed by atoms with Crippen molar-refractivity contribution in [3.05, 3.63) is 64.0 Å². The van der Waals surface area contributed by atoms with Gasteiger partial charge in [0.25, 0.3) is 0 Å². The molecule has 1 atom stereocenters. The molecule has 1 N–H and O–H groups in total. The van der Waals surface area contributed by atoms with E-state index in [0.717, 1.165) is 10.9 Å². The van der Waals surface area contributed by atoms with E-state index in [2.05, 4.69) is 26.2 Å². The lowest BCUT2D eigenvalue weighted by atomic mass is 9.72. The van der Waals surface area contributed by atoms with Crippen LogP contribution in [0, 0.1) is 16.7 Å². The first kappa shape index (κ1) is 26.6. The highest BCUT2D eigenvalue weighted by Crippen LogP contribution is 2.43. The van der Waals surface area contributed by atoms with Gasteiger partial charge in [0.2, 0.25) is 0 Å². The molecule has 13 heteroatoms. The van der Waals surface area contributed by atoms with Crippen molar-refractivity contribution in [1.82, 2.24) is 25.1 Å². The fourth-order valence-electron chi connectivity index (χ4n) is 5.66. The Hall–Kier alpha value is -3.59. The number of nitrogens with zero attached hydrogens (tertiary/aromatic N) is 6. The second-order valence-corrected chi connectivity index (χ2v) is 11.2. The first-order valence-electron chi connectivity index (χ1n) is 12.4. The molecule has 1 spiro atoms. The summed E-state index contributed by atoms with van der Waals surface area (Å²) in [7, 11) is 0. The van der Waals surface area contributed by atoms with Gasteiger partial charge in [0.05, 0.1) is 27.7 Å². The molecule has 4 aromatic rings. The number of hydrogen-bond donors (Lipinski definition) is 1. The van der Waals surface area contributed by atoms with Crippen LogP contribution in [0.3, 0.4) is 0 Å². The van der Waals surface area contributed by atoms with Crippen LogP contribution in [-0.2, 0) is 0 Å². The van der Waals surface area contributed by atoms with Crippen molar-refractivity contribution in [1.29, 1.82) is 5.26 Å². The predicted molar refractivity (Wildman–Crippen MR) is 144 cm³/mol. The Kier molecular flexibility index (Phi) is 6.52. The van der Waals surface area contributed by atoms with Gasteiger partial charge in [-0.1, -0.05) is 23.2 Å². The molecule has 8 nitrogen and oxygen atoms in total. The van der Waals surface area contributed by atoms with Crippen molar-refractivity contribution in [2.75, 3.05) is 37.6 Å². The molecule has 2 aliphatic rings. The summed E-state index contributed by atoms with van der Waals surface area (Å²) in [5.74, 6) is 1.09. The second kappa shape index (κ2) is 9.80. The molecule has 0 radical (unpaired) electrons. The molecule has 0 saturated carbocycles. The second-order valence-electron chi connectivity index (χ2n) is 10.4. The van der Waals surface area contributed by atoms with Crippen molar-refractivity contribution in [2.24, 2.45) is 5.41 Å². The third-order valence-corrected chi connectivity index (χ3v) is 7.88. The van der Waals surface area contributed by atoms with Crippen LogP contribution in [0.15, 0.2) is 42.9 Å². The van der Waals surface area contributed by atoms with Crippen LogP contribution in [-0.4, -0.2) is 64.0 Å². The third kappa shape index (κ3) is 4.91. The summed E-state index contributed by atoms with van der Waals surface area (Å²) in [4.78, 5) is 11.9. The van der Waals surface area contributed by atoms with E-state index in [4.69, 9.17) is 27.9 Å². The van der Waals surface area contributed by atoms with Crippen LogP contribution >= 0.6 is 23.2 Å². The molecule has 2 saturated heterocycles. The number of rotatable bonds is 6. The summed E-state index contributed by atoms with van der Waals surface area (Å²) in [6.07, 6.45) is 0.0355. The molecular formula is C27H22Cl2F3N7O. The molecule has 6 rings (SSSR count). The van der Waals surface area contributed by atoms with Crippen LogP contribution in [0.2, 0.25) is 10.0 Å². The number of nitrogens with one attached hydrogen (secondary N) is 1. The number of halogens is 5. The number of anilines is 1. The monoisotopic (exact) mass is 587 g/mol. The zero-order valence-electron chi connectivity index (χ0n) is 21.1. The zero-order valence-corrected chi connectivity index (χ0v) is 22.6. The number of aromatic amines is 1. The number of alkyl halides is 3. The number of benzene rings is 1. The number of likely N-dealkylation sites (tertiary alicyclic amines) is 1. The van der Waals surface area contributed by atoms with Crippen molar-refractivity contribution in [2.45, 2.75) is 19.2 Å². The molecule has 1 aromatic carbocycles. The molecule has 0 amide bonds. The normalized spacial score (nSPS) is 17.4. The summed E-state index contributed by atoms with van der Waals surface area (Å²) in [6, 6.07) is 9.43. The predicted octanol–water partition coefficient (Wildman–Crippen LogP) is 6.02. The van der Waals surface area contributed by atoms with Crippen molar-refractivity contribution in [3.8, 4) is 23.1 Å². The van der Waals surface area contributed by atoms with Gasteiger partial charge in [0.1, 0.15) is 29.4 Å². The van der Waals surface area contributed by atoms with Gasteiger partial charge >= 0.3 is 6.18 Å². The Labute approximate surface area is 237 Å². The molecule has 0 bridgehead atoms. The standard InChI is InChI=1S/C27H22Cl2F3N7O/c1-15(23-20(28)8-34-9-21(23)29)40-18-2-3-22-19(5-18)24(37-36-22)17-4-16(6-33)25(35-7-17)39-12-26(13-39)10-38(11-26)14-27(30,31)32/h2-5,7-9,15H,10-14H2,1H3,(H,36,37). The summed E-state index contributed by atoms with van der Waals surface area (Å²) in [5.41, 5.74) is 2.85. The fourth-order valence-corrected chi connectivity index (χ4v) is 6.33. The van der Waals surface area contributed by atoms with E-state index < -0.39 is 18.8 Å². The average Bonchev–Trinajstić information content (AvgIpc) is 3.27. The maximum Gasteiger partial charge on any atom is 0.401 e. The van der Waals surface area contributed by atoms with Crippen LogP contribution in [0.4, 0.5) is 19.0 Å². The van der Waals surface area contributed by atoms with E-state index >= 15 is 0 Å². The number of H-pyrrole nitrogens is 1. The van der Waals surface area contributed by atoms with Gasteiger partial charge in [-0.25, -0.2) is 4.98 Å². The highest BCUT2D eigenvalue weighted by atomic mass is 35.5. The summed E-state index contributed by atoms with van der Waals surface area (Å²) in [6.45, 7) is 2.87. The topological polar surface area (TPSA) is 94.0 Å². The van der Waals surface area contributed by atoms with Crippen LogP contribution < -0.4 is 9.64 Å². The van der Waals surface area contributed by atoms with Gasteiger partial charge in [0, 0.05) is 66.7 Å². The number of pyridine rings is 2. The van der Waals surface area contributed by atoms with Gasteiger partial charge in [0.15, 0.2) is 0 Å². The highest BCUT2D eigenvalue weighted by molar-refractivity contribution is 6.35. The summed E-state index contributed by atoms with van der Waals surface area (Å²) < 4.78 is 44.1. The molecule has 206 valence electrons. The number of fused-ring (bicyclic) bond motifs is 1. The molecule has 2 aliphatic heterocycles. The van der Waals surface area contributed by atoms with Crippen LogP contribution in [0.25, 0.3) is 22.2 Å². The third-order valence-electron chi connectivity index (χ3n) is 7.28. The van der Waals surface area contributed by atoms with Gasteiger partial charge in [-0.15, -0.1) is 0 Å². The Bertz CT molecular complexity index is 1620. The van der Waals surface area contributed by atoms with Gasteiger partial charge in [-0.2, -0.15) is 23.5 Å². The van der Waals surface area contributed by atoms with Gasteiger partial charge in [-0.05, 0) is 31.2 Å². The smallest absolute Gasteiger partial charge is 0.401 e. The number of ether oxygens (including phenoxy) is 1. The molecule has 0 aliphatic carbocycles. The average molecular weight is 588 g/mol. The van der Waals surface area contributed by atoms with E-state index in [0.29, 0.717) is 70.2 Å². The SMILES string of the molecule is CC(Oc1ccc2[nH]nc(-c3cnc(N4CC5(CN(CC(F)(F)F)C5)C4)c(C#N)c3)c2c1)c1c(Cl)cncc1Cl. The lowest BCUT2D eigenvalue weighted by Crippen LogP contribution is -2.73. The highest BCUT2D eigenvalue weighted by Gasteiger charge is 2.54. The van der Waals surface area contributed by atoms with E-state index in [1.165, 1.54) is 17.3 Å². The van der Waals surface area contributed by atoms with Crippen molar-refractivity contribution in [3.63, 3.8) is 0 Å². The zero-order chi connectivity index (χ0) is 28.2. The minimum absolute atomic E-state index is 0.172. The fraction of sp³-hybridized carbons (Fsp3) is 0.333. The van der Waals surface area contributed by atoms with E-state index in [1.54, 1.807) is 12.3 Å². The van der Waals surface area contributed by atoms with Gasteiger partial charge in [-0.3, -0.25) is 15.0 Å². The molecule has 1 unspecified atom stereocenters. The molecular weight excluding hydrogens is 566 g/mol. The Balaban J connectivity index is 1.20. The number of nitriles is 1. The molecule has 2 fully saturated rings. The van der Waals surface area contributed by atoms with E-state index in [-0.39, 0.29) is 5.41 Å². The van der Waals surface area contributed by atoms with Crippen molar-refractivity contribution < 1.29 is 17.9 Å². The number of hydrogen-bond acceptors (Lipinski definition) is 7. The Morgan fingerprint density at radius 1 is 1.12 bits per heavy atom. The van der Waals surface area contributed by atoms with Crippen molar-refractivity contribution >= 4 is 39.9 Å². The Morgan fingerprint density at radius 2 is 1.85 bits per heavy atom. The summed E-state index contributed by atoms with van der Waals surface area (Å²) in [5, 5.41) is 18.9. The van der Waals surface area contributed by atoms with Crippen LogP contribution in [0.1, 0.15) is 24.2 Å². The van der Waals surface area contributed by atoms with E-state index in [9.17, 15) is 18.4 Å². The quantitative estimate of drug-likeness (QED) is 0.294. The first-order chi connectivity index (χ1) is 19.0. The Morgan fingerprint density at radius 3 is 2.52 bits per heavy atom. The lowest BCUT2D eigenvalue weighted by Gasteiger charge is -2.60. The molecule has 3 aromatic heterocycles. The summed E-state index contributed by atoms with van der Waals surface area (Å²) >= 11 is 12.6. The maximum absolute atomic E-state index is 12.6. The minimum atomic E-state index is -4.20. The maximum atomic E-state index is 12.6. The lowest BCUT2D eigenvalue weighted by molar-refractivity contribution is -0.172. The largest absolute Gasteiger partial charge is 0.486 e. The van der Waals surface area contributed by atoms with E-state index in [1.807, 2.05) is 30.0 Å². The van der Waals surface area contributed by atoms with Crippen LogP contribution in [0.5, 0.6) is 5.75 Å². The van der Waals surface area contributed by atoms with Gasteiger partial charge < -0.3 is 9.64 Å².